The van der Waals surface area contributed by atoms with Crippen LogP contribution in [0.4, 0.5) is 0 Å². The molecule has 1 aliphatic rings. The van der Waals surface area contributed by atoms with Crippen molar-refractivity contribution in [2.24, 2.45) is 5.41 Å². The van der Waals surface area contributed by atoms with Crippen LogP contribution in [0.15, 0.2) is 0 Å². The molecule has 2 rings (SSSR count). The number of aliphatic hydroxyl groups is 1. The van der Waals surface area contributed by atoms with E-state index in [0.717, 1.165) is 36.6 Å². The van der Waals surface area contributed by atoms with E-state index in [1.54, 1.807) is 0 Å². The van der Waals surface area contributed by atoms with Crippen molar-refractivity contribution in [1.29, 1.82) is 0 Å². The quantitative estimate of drug-likeness (QED) is 0.909. The van der Waals surface area contributed by atoms with E-state index in [1.807, 2.05) is 51.1 Å². The van der Waals surface area contributed by atoms with Gasteiger partial charge in [-0.15, -0.1) is 0 Å². The van der Waals surface area contributed by atoms with Crippen LogP contribution in [-0.4, -0.2) is 69.4 Å². The van der Waals surface area contributed by atoms with Crippen molar-refractivity contribution in [2.45, 2.75) is 54.2 Å². The molecule has 0 radical (unpaired) electrons. The summed E-state index contributed by atoms with van der Waals surface area (Å²) in [5, 5.41) is 14.7. The zero-order chi connectivity index (χ0) is 18.1. The van der Waals surface area contributed by atoms with Crippen LogP contribution in [0, 0.1) is 19.3 Å². The van der Waals surface area contributed by atoms with Gasteiger partial charge in [-0.05, 0) is 26.2 Å². The van der Waals surface area contributed by atoms with Gasteiger partial charge >= 0.3 is 0 Å². The summed E-state index contributed by atoms with van der Waals surface area (Å²) in [5.74, 6) is 0.0840. The Morgan fingerprint density at radius 2 is 1.79 bits per heavy atom. The lowest BCUT2D eigenvalue weighted by Crippen LogP contribution is -2.51. The molecule has 1 aliphatic heterocycles. The highest BCUT2D eigenvalue weighted by atomic mass is 16.3. The van der Waals surface area contributed by atoms with Crippen LogP contribution in [0.2, 0.25) is 0 Å². The molecule has 0 unspecified atom stereocenters. The van der Waals surface area contributed by atoms with E-state index in [0.29, 0.717) is 19.6 Å². The van der Waals surface area contributed by atoms with Gasteiger partial charge in [0, 0.05) is 45.0 Å². The Morgan fingerprint density at radius 1 is 1.21 bits per heavy atom. The highest BCUT2D eigenvalue weighted by Crippen LogP contribution is 2.21. The normalized spacial score (nSPS) is 18.0. The number of aryl methyl sites for hydroxylation is 2. The molecule has 136 valence electrons. The summed E-state index contributed by atoms with van der Waals surface area (Å²) in [5.41, 5.74) is 2.39. The highest BCUT2D eigenvalue weighted by Gasteiger charge is 2.29. The van der Waals surface area contributed by atoms with Crippen LogP contribution < -0.4 is 0 Å². The minimum Gasteiger partial charge on any atom is -0.391 e. The van der Waals surface area contributed by atoms with Crippen LogP contribution in [0.1, 0.15) is 49.4 Å². The minimum absolute atomic E-state index is 0.0840. The second kappa shape index (κ2) is 7.23. The average molecular weight is 336 g/mol. The minimum atomic E-state index is -0.355. The molecule has 6 nitrogen and oxygen atoms in total. The molecule has 0 aromatic carbocycles. The maximum atomic E-state index is 12.9. The van der Waals surface area contributed by atoms with E-state index in [-0.39, 0.29) is 17.4 Å². The fraction of sp³-hybridized carbons (Fsp3) is 0.778. The lowest BCUT2D eigenvalue weighted by Gasteiger charge is -2.38. The number of rotatable bonds is 4. The lowest BCUT2D eigenvalue weighted by molar-refractivity contribution is 0.0136. The number of nitrogens with zero attached hydrogens (tertiary/aromatic N) is 4. The Labute approximate surface area is 145 Å². The predicted octanol–water partition coefficient (Wildman–Crippen LogP) is 1.68. The summed E-state index contributed by atoms with van der Waals surface area (Å²) in [4.78, 5) is 17.0. The molecule has 1 N–H and O–H groups in total. The van der Waals surface area contributed by atoms with E-state index in [9.17, 15) is 9.90 Å². The third kappa shape index (κ3) is 3.98. The molecular weight excluding hydrogens is 304 g/mol. The SMILES string of the molecule is CCn1nc(C)c(C(=O)N2CCN(C[C@@H](O)C(C)(C)C)CC2)c1C. The van der Waals surface area contributed by atoms with Crippen molar-refractivity contribution in [3.8, 4) is 0 Å². The van der Waals surface area contributed by atoms with E-state index in [1.165, 1.54) is 0 Å². The molecule has 2 heterocycles. The van der Waals surface area contributed by atoms with Crippen molar-refractivity contribution in [1.82, 2.24) is 19.6 Å². The first-order valence-corrected chi connectivity index (χ1v) is 8.88. The van der Waals surface area contributed by atoms with Crippen LogP contribution >= 0.6 is 0 Å². The first-order valence-electron chi connectivity index (χ1n) is 8.88. The Balaban J connectivity index is 1.97. The van der Waals surface area contributed by atoms with E-state index in [4.69, 9.17) is 0 Å². The molecule has 1 fully saturated rings. The summed E-state index contributed by atoms with van der Waals surface area (Å²) in [7, 11) is 0. The molecule has 1 aromatic heterocycles. The van der Waals surface area contributed by atoms with Gasteiger partial charge in [0.05, 0.1) is 17.4 Å². The average Bonchev–Trinajstić information content (AvgIpc) is 2.80. The number of aromatic nitrogens is 2. The molecule has 0 saturated carbocycles. The van der Waals surface area contributed by atoms with E-state index >= 15 is 0 Å². The fourth-order valence-corrected chi connectivity index (χ4v) is 3.12. The smallest absolute Gasteiger partial charge is 0.257 e. The van der Waals surface area contributed by atoms with Crippen molar-refractivity contribution >= 4 is 5.91 Å². The molecule has 0 aliphatic carbocycles. The molecule has 1 atom stereocenters. The predicted molar refractivity (Wildman–Crippen MR) is 95.2 cm³/mol. The zero-order valence-corrected chi connectivity index (χ0v) is 16.0. The highest BCUT2D eigenvalue weighted by molar-refractivity contribution is 5.96. The maximum Gasteiger partial charge on any atom is 0.257 e. The Bertz CT molecular complexity index is 581. The second-order valence-electron chi connectivity index (χ2n) is 7.84. The van der Waals surface area contributed by atoms with Crippen LogP contribution in [0.5, 0.6) is 0 Å². The molecule has 1 saturated heterocycles. The molecule has 1 aromatic rings. The molecule has 6 heteroatoms. The number of hydrogen-bond acceptors (Lipinski definition) is 4. The van der Waals surface area contributed by atoms with Crippen molar-refractivity contribution in [2.75, 3.05) is 32.7 Å². The largest absolute Gasteiger partial charge is 0.391 e. The van der Waals surface area contributed by atoms with Gasteiger partial charge in [-0.25, -0.2) is 0 Å². The summed E-state index contributed by atoms with van der Waals surface area (Å²) >= 11 is 0. The number of β-amino-alcohol motifs (C(OH)–C–C–N with tert-alkyl or cyclic N) is 1. The fourth-order valence-electron chi connectivity index (χ4n) is 3.12. The van der Waals surface area contributed by atoms with Crippen molar-refractivity contribution in [3.63, 3.8) is 0 Å². The lowest BCUT2D eigenvalue weighted by atomic mass is 9.89. The number of aliphatic hydroxyl groups excluding tert-OH is 1. The molecular formula is C18H32N4O2. The van der Waals surface area contributed by atoms with Gasteiger partial charge in [0.2, 0.25) is 0 Å². The van der Waals surface area contributed by atoms with Gasteiger partial charge in [-0.1, -0.05) is 20.8 Å². The summed E-state index contributed by atoms with van der Waals surface area (Å²) < 4.78 is 1.89. The van der Waals surface area contributed by atoms with E-state index in [2.05, 4.69) is 10.00 Å². The monoisotopic (exact) mass is 336 g/mol. The van der Waals surface area contributed by atoms with Crippen LogP contribution in [0.25, 0.3) is 0 Å². The standard InChI is InChI=1S/C18H32N4O2/c1-7-22-14(3)16(13(2)19-22)17(24)21-10-8-20(9-11-21)12-15(23)18(4,5)6/h15,23H,7-12H2,1-6H3/t15-/m1/s1. The van der Waals surface area contributed by atoms with Gasteiger partial charge in [0.1, 0.15) is 0 Å². The number of amides is 1. The number of carbonyl (C=O) groups excluding carboxylic acids is 1. The van der Waals surface area contributed by atoms with Gasteiger partial charge in [-0.2, -0.15) is 5.10 Å². The summed E-state index contributed by atoms with van der Waals surface area (Å²) in [6, 6.07) is 0. The third-order valence-electron chi connectivity index (χ3n) is 4.99. The van der Waals surface area contributed by atoms with Gasteiger partial charge < -0.3 is 10.0 Å². The van der Waals surface area contributed by atoms with Crippen molar-refractivity contribution < 1.29 is 9.90 Å². The first-order chi connectivity index (χ1) is 11.1. The summed E-state index contributed by atoms with van der Waals surface area (Å²) in [6.07, 6.45) is -0.355. The third-order valence-corrected chi connectivity index (χ3v) is 4.99. The number of piperazine rings is 1. The zero-order valence-electron chi connectivity index (χ0n) is 16.0. The Hall–Kier alpha value is -1.40. The Morgan fingerprint density at radius 3 is 2.25 bits per heavy atom. The summed E-state index contributed by atoms with van der Waals surface area (Å²) in [6.45, 7) is 16.5. The second-order valence-corrected chi connectivity index (χ2v) is 7.84. The van der Waals surface area contributed by atoms with E-state index < -0.39 is 0 Å². The maximum absolute atomic E-state index is 12.9. The molecule has 1 amide bonds. The van der Waals surface area contributed by atoms with Gasteiger partial charge in [-0.3, -0.25) is 14.4 Å². The Kier molecular flexibility index (Phi) is 5.71. The first kappa shape index (κ1) is 18.9. The van der Waals surface area contributed by atoms with Crippen LogP contribution in [0.3, 0.4) is 0 Å². The molecule has 0 bridgehead atoms. The number of hydrogen-bond donors (Lipinski definition) is 1. The molecule has 0 spiro atoms. The topological polar surface area (TPSA) is 61.6 Å². The van der Waals surface area contributed by atoms with Gasteiger partial charge in [0.15, 0.2) is 0 Å². The van der Waals surface area contributed by atoms with Crippen LogP contribution in [-0.2, 0) is 6.54 Å². The van der Waals surface area contributed by atoms with Crippen molar-refractivity contribution in [3.05, 3.63) is 17.0 Å². The number of carbonyl (C=O) groups is 1. The molecule has 24 heavy (non-hydrogen) atoms. The van der Waals surface area contributed by atoms with Gasteiger partial charge in [0.25, 0.3) is 5.91 Å².